The summed E-state index contributed by atoms with van der Waals surface area (Å²) in [6.45, 7) is 8.27. The highest BCUT2D eigenvalue weighted by molar-refractivity contribution is 7.00. The third-order valence-electron chi connectivity index (χ3n) is 6.78. The maximum absolute atomic E-state index is 6.29. The van der Waals surface area contributed by atoms with E-state index in [0.717, 1.165) is 49.4 Å². The Morgan fingerprint density at radius 3 is 2.25 bits per heavy atom. The number of hydrogen-bond donors (Lipinski definition) is 0. The smallest absolute Gasteiger partial charge is 0.399 e. The highest BCUT2D eigenvalue weighted by Crippen LogP contribution is 2.38. The molecular formula is C25H22BN3O2S. The number of pyridine rings is 1. The summed E-state index contributed by atoms with van der Waals surface area (Å²) in [6, 6.07) is 20.7. The fourth-order valence-corrected chi connectivity index (χ4v) is 4.84. The molecule has 0 amide bonds. The zero-order valence-corrected chi connectivity index (χ0v) is 19.2. The SMILES string of the molecule is CC1(C)OB(c2ccc3c(c2)nc(-c2ccccc2)c2ccc4nsnc4c23)OC1(C)C. The number of nitrogens with zero attached hydrogens (tertiary/aromatic N) is 3. The largest absolute Gasteiger partial charge is 0.494 e. The van der Waals surface area contributed by atoms with E-state index in [9.17, 15) is 0 Å². The molecule has 3 aromatic carbocycles. The highest BCUT2D eigenvalue weighted by atomic mass is 32.1. The van der Waals surface area contributed by atoms with Crippen LogP contribution in [0.1, 0.15) is 27.7 Å². The Morgan fingerprint density at radius 1 is 0.781 bits per heavy atom. The van der Waals surface area contributed by atoms with Gasteiger partial charge < -0.3 is 9.31 Å². The number of benzene rings is 3. The zero-order chi connectivity index (χ0) is 22.1. The average molecular weight is 439 g/mol. The fourth-order valence-electron chi connectivity index (χ4n) is 4.30. The van der Waals surface area contributed by atoms with E-state index in [0.29, 0.717) is 0 Å². The van der Waals surface area contributed by atoms with Crippen molar-refractivity contribution in [2.24, 2.45) is 0 Å². The zero-order valence-electron chi connectivity index (χ0n) is 18.4. The second-order valence-electron chi connectivity index (χ2n) is 9.31. The molecule has 1 saturated heterocycles. The van der Waals surface area contributed by atoms with E-state index in [4.69, 9.17) is 14.3 Å². The van der Waals surface area contributed by atoms with Crippen molar-refractivity contribution in [3.8, 4) is 11.3 Å². The van der Waals surface area contributed by atoms with Crippen LogP contribution in [0.2, 0.25) is 0 Å². The molecule has 158 valence electrons. The van der Waals surface area contributed by atoms with Crippen LogP contribution in [0, 0.1) is 0 Å². The topological polar surface area (TPSA) is 57.1 Å². The van der Waals surface area contributed by atoms with Crippen LogP contribution >= 0.6 is 11.7 Å². The van der Waals surface area contributed by atoms with Crippen LogP contribution in [0.15, 0.2) is 60.7 Å². The Balaban J connectivity index is 1.63. The monoisotopic (exact) mass is 439 g/mol. The Bertz CT molecular complexity index is 1480. The van der Waals surface area contributed by atoms with E-state index >= 15 is 0 Å². The predicted molar refractivity (Wildman–Crippen MR) is 131 cm³/mol. The molecule has 7 heteroatoms. The molecular weight excluding hydrogens is 417 g/mol. The normalized spacial score (nSPS) is 17.6. The fraction of sp³-hybridized carbons (Fsp3) is 0.240. The van der Waals surface area contributed by atoms with Gasteiger partial charge in [-0.2, -0.15) is 8.75 Å². The summed E-state index contributed by atoms with van der Waals surface area (Å²) in [7, 11) is -0.432. The van der Waals surface area contributed by atoms with Gasteiger partial charge in [-0.25, -0.2) is 4.98 Å². The molecule has 0 saturated carbocycles. The van der Waals surface area contributed by atoms with Gasteiger partial charge in [0.25, 0.3) is 0 Å². The lowest BCUT2D eigenvalue weighted by Gasteiger charge is -2.32. The van der Waals surface area contributed by atoms with Crippen LogP contribution in [0.4, 0.5) is 0 Å². The maximum Gasteiger partial charge on any atom is 0.494 e. The highest BCUT2D eigenvalue weighted by Gasteiger charge is 2.51. The number of rotatable bonds is 2. The van der Waals surface area contributed by atoms with E-state index in [1.54, 1.807) is 0 Å². The van der Waals surface area contributed by atoms with Gasteiger partial charge >= 0.3 is 7.12 Å². The summed E-state index contributed by atoms with van der Waals surface area (Å²) < 4.78 is 21.7. The molecule has 3 heterocycles. The van der Waals surface area contributed by atoms with Crippen molar-refractivity contribution < 1.29 is 9.31 Å². The third-order valence-corrected chi connectivity index (χ3v) is 7.32. The van der Waals surface area contributed by atoms with Gasteiger partial charge in [0.05, 0.1) is 34.1 Å². The minimum atomic E-state index is -0.432. The van der Waals surface area contributed by atoms with Crippen molar-refractivity contribution in [2.75, 3.05) is 0 Å². The Hall–Kier alpha value is -2.87. The summed E-state index contributed by atoms with van der Waals surface area (Å²) in [5.74, 6) is 0. The molecule has 0 unspecified atom stereocenters. The van der Waals surface area contributed by atoms with Crippen molar-refractivity contribution in [3.05, 3.63) is 60.7 Å². The molecule has 0 radical (unpaired) electrons. The maximum atomic E-state index is 6.29. The lowest BCUT2D eigenvalue weighted by Crippen LogP contribution is -2.41. The van der Waals surface area contributed by atoms with Crippen molar-refractivity contribution in [2.45, 2.75) is 38.9 Å². The van der Waals surface area contributed by atoms with Gasteiger partial charge in [0.15, 0.2) is 0 Å². The van der Waals surface area contributed by atoms with E-state index in [2.05, 4.69) is 72.8 Å². The molecule has 32 heavy (non-hydrogen) atoms. The predicted octanol–water partition coefficient (Wildman–Crippen LogP) is 5.36. The second-order valence-corrected chi connectivity index (χ2v) is 9.84. The van der Waals surface area contributed by atoms with Gasteiger partial charge in [-0.3, -0.25) is 0 Å². The molecule has 0 bridgehead atoms. The molecule has 5 aromatic rings. The second kappa shape index (κ2) is 6.81. The summed E-state index contributed by atoms with van der Waals surface area (Å²) in [4.78, 5) is 5.11. The minimum Gasteiger partial charge on any atom is -0.399 e. The van der Waals surface area contributed by atoms with E-state index in [1.807, 2.05) is 24.3 Å². The first-order valence-corrected chi connectivity index (χ1v) is 11.5. The van der Waals surface area contributed by atoms with Gasteiger partial charge in [0.2, 0.25) is 0 Å². The van der Waals surface area contributed by atoms with Gasteiger partial charge in [0, 0.05) is 21.7 Å². The van der Waals surface area contributed by atoms with Crippen LogP contribution in [0.25, 0.3) is 44.0 Å². The molecule has 5 nitrogen and oxygen atoms in total. The number of hydrogen-bond acceptors (Lipinski definition) is 6. The quantitative estimate of drug-likeness (QED) is 0.274. The van der Waals surface area contributed by atoms with Gasteiger partial charge in [-0.1, -0.05) is 42.5 Å². The van der Waals surface area contributed by atoms with E-state index < -0.39 is 18.3 Å². The van der Waals surface area contributed by atoms with Crippen LogP contribution < -0.4 is 5.46 Å². The molecule has 1 aliphatic rings. The average Bonchev–Trinajstić information content (AvgIpc) is 3.34. The molecule has 0 aliphatic carbocycles. The molecule has 1 fully saturated rings. The third kappa shape index (κ3) is 2.89. The van der Waals surface area contributed by atoms with Crippen molar-refractivity contribution in [3.63, 3.8) is 0 Å². The molecule has 1 aliphatic heterocycles. The Kier molecular flexibility index (Phi) is 4.22. The van der Waals surface area contributed by atoms with Gasteiger partial charge in [-0.15, -0.1) is 0 Å². The molecule has 0 atom stereocenters. The van der Waals surface area contributed by atoms with Gasteiger partial charge in [-0.05, 0) is 51.4 Å². The van der Waals surface area contributed by atoms with Crippen LogP contribution in [0.5, 0.6) is 0 Å². The van der Waals surface area contributed by atoms with E-state index in [1.165, 1.54) is 11.7 Å². The molecule has 2 aromatic heterocycles. The summed E-state index contributed by atoms with van der Waals surface area (Å²) in [5, 5.41) is 3.21. The Morgan fingerprint density at radius 2 is 1.50 bits per heavy atom. The standard InChI is InChI=1S/C25H22BN3O2S/c1-24(2)25(3,4)31-26(30-24)16-10-11-17-20(14-16)27-22(15-8-6-5-7-9-15)18-12-13-19-23(21(17)18)29-32-28-19/h5-14H,1-4H3. The van der Waals surface area contributed by atoms with Crippen LogP contribution in [-0.4, -0.2) is 32.1 Å². The number of aromatic nitrogens is 3. The summed E-state index contributed by atoms with van der Waals surface area (Å²) in [5.41, 5.74) is 4.91. The van der Waals surface area contributed by atoms with Crippen molar-refractivity contribution >= 4 is 57.0 Å². The minimum absolute atomic E-state index is 0.392. The molecule has 6 rings (SSSR count). The number of fused-ring (bicyclic) bond motifs is 5. The first-order chi connectivity index (χ1) is 15.3. The lowest BCUT2D eigenvalue weighted by molar-refractivity contribution is 0.00578. The van der Waals surface area contributed by atoms with Crippen molar-refractivity contribution in [1.82, 2.24) is 13.7 Å². The van der Waals surface area contributed by atoms with Crippen LogP contribution in [0.3, 0.4) is 0 Å². The van der Waals surface area contributed by atoms with Gasteiger partial charge in [0.1, 0.15) is 11.0 Å². The first kappa shape index (κ1) is 19.8. The first-order valence-electron chi connectivity index (χ1n) is 10.7. The van der Waals surface area contributed by atoms with E-state index in [-0.39, 0.29) is 0 Å². The molecule has 0 spiro atoms. The Labute approximate surface area is 190 Å². The van der Waals surface area contributed by atoms with Crippen LogP contribution in [-0.2, 0) is 9.31 Å². The van der Waals surface area contributed by atoms with Crippen molar-refractivity contribution in [1.29, 1.82) is 0 Å². The lowest BCUT2D eigenvalue weighted by atomic mass is 9.78. The molecule has 0 N–H and O–H groups in total. The summed E-state index contributed by atoms with van der Waals surface area (Å²) >= 11 is 1.24. The summed E-state index contributed by atoms with van der Waals surface area (Å²) in [6.07, 6.45) is 0.